The van der Waals surface area contributed by atoms with Gasteiger partial charge in [-0.05, 0) is 24.5 Å². The number of nitrogens with zero attached hydrogens (tertiary/aromatic N) is 5. The zero-order valence-corrected chi connectivity index (χ0v) is 13.2. The lowest BCUT2D eigenvalue weighted by Gasteiger charge is -2.05. The van der Waals surface area contributed by atoms with Crippen molar-refractivity contribution in [3.05, 3.63) is 58.9 Å². The SMILES string of the molecule is O=c1cc(-c2noc(C(F)(F)F)n2)ccn1C[C@H]1C[C@H]1c1ncccn1. The molecule has 1 aliphatic rings. The third-order valence-corrected chi connectivity index (χ3v) is 4.19. The highest BCUT2D eigenvalue weighted by molar-refractivity contribution is 5.52. The highest BCUT2D eigenvalue weighted by Crippen LogP contribution is 2.46. The average molecular weight is 363 g/mol. The van der Waals surface area contributed by atoms with Crippen LogP contribution in [0.1, 0.15) is 24.1 Å². The van der Waals surface area contributed by atoms with Crippen LogP contribution >= 0.6 is 0 Å². The van der Waals surface area contributed by atoms with Gasteiger partial charge in [-0.25, -0.2) is 9.97 Å². The van der Waals surface area contributed by atoms with Crippen molar-refractivity contribution in [2.45, 2.75) is 25.1 Å². The summed E-state index contributed by atoms with van der Waals surface area (Å²) in [6, 6.07) is 4.43. The van der Waals surface area contributed by atoms with E-state index in [4.69, 9.17) is 0 Å². The first-order valence-corrected chi connectivity index (χ1v) is 7.80. The van der Waals surface area contributed by atoms with Crippen LogP contribution < -0.4 is 5.56 Å². The van der Waals surface area contributed by atoms with Crippen molar-refractivity contribution in [2.75, 3.05) is 0 Å². The van der Waals surface area contributed by atoms with Crippen LogP contribution in [0.4, 0.5) is 13.2 Å². The molecule has 0 spiro atoms. The number of rotatable bonds is 4. The Labute approximate surface area is 144 Å². The van der Waals surface area contributed by atoms with Gasteiger partial charge in [-0.3, -0.25) is 4.79 Å². The normalized spacial score (nSPS) is 19.5. The molecule has 0 aliphatic heterocycles. The summed E-state index contributed by atoms with van der Waals surface area (Å²) in [5.74, 6) is -0.491. The predicted molar refractivity (Wildman–Crippen MR) is 81.9 cm³/mol. The fourth-order valence-corrected chi connectivity index (χ4v) is 2.77. The molecule has 10 heteroatoms. The Kier molecular flexibility index (Phi) is 3.82. The molecule has 0 amide bonds. The molecule has 1 saturated carbocycles. The molecular formula is C16H12F3N5O2. The number of hydrogen-bond donors (Lipinski definition) is 0. The number of alkyl halides is 3. The van der Waals surface area contributed by atoms with Crippen LogP contribution in [0, 0.1) is 5.92 Å². The summed E-state index contributed by atoms with van der Waals surface area (Å²) in [5.41, 5.74) is -0.176. The lowest BCUT2D eigenvalue weighted by atomic mass is 10.2. The molecular weight excluding hydrogens is 351 g/mol. The molecule has 26 heavy (non-hydrogen) atoms. The fraction of sp³-hybridized carbons (Fsp3) is 0.312. The van der Waals surface area contributed by atoms with E-state index < -0.39 is 12.1 Å². The average Bonchev–Trinajstić information content (AvgIpc) is 3.18. The number of pyridine rings is 1. The van der Waals surface area contributed by atoms with Crippen LogP contribution in [0.15, 0.2) is 46.1 Å². The lowest BCUT2D eigenvalue weighted by molar-refractivity contribution is -0.159. The number of halogens is 3. The summed E-state index contributed by atoms with van der Waals surface area (Å²) in [5, 5.41) is 3.28. The highest BCUT2D eigenvalue weighted by Gasteiger charge is 2.41. The van der Waals surface area contributed by atoms with Gasteiger partial charge in [0, 0.05) is 42.7 Å². The van der Waals surface area contributed by atoms with Crippen molar-refractivity contribution in [2.24, 2.45) is 5.92 Å². The van der Waals surface area contributed by atoms with Crippen LogP contribution in [0.5, 0.6) is 0 Å². The minimum absolute atomic E-state index is 0.171. The van der Waals surface area contributed by atoms with Gasteiger partial charge < -0.3 is 9.09 Å². The summed E-state index contributed by atoms with van der Waals surface area (Å²) in [4.78, 5) is 24.0. The molecule has 7 nitrogen and oxygen atoms in total. The van der Waals surface area contributed by atoms with Gasteiger partial charge in [0.15, 0.2) is 0 Å². The maximum atomic E-state index is 12.5. The van der Waals surface area contributed by atoms with Crippen LogP contribution in [0.3, 0.4) is 0 Å². The van der Waals surface area contributed by atoms with Crippen LogP contribution in [-0.2, 0) is 12.7 Å². The van der Waals surface area contributed by atoms with E-state index in [1.165, 1.54) is 22.9 Å². The monoisotopic (exact) mass is 363 g/mol. The molecule has 0 radical (unpaired) electrons. The quantitative estimate of drug-likeness (QED) is 0.708. The van der Waals surface area contributed by atoms with Crippen molar-refractivity contribution in [3.8, 4) is 11.4 Å². The third-order valence-electron chi connectivity index (χ3n) is 4.19. The van der Waals surface area contributed by atoms with E-state index in [1.54, 1.807) is 18.5 Å². The van der Waals surface area contributed by atoms with Crippen molar-refractivity contribution in [3.63, 3.8) is 0 Å². The molecule has 0 unspecified atom stereocenters. The van der Waals surface area contributed by atoms with E-state index in [-0.39, 0.29) is 28.8 Å². The molecule has 4 rings (SSSR count). The number of hydrogen-bond acceptors (Lipinski definition) is 6. The second kappa shape index (κ2) is 6.04. The van der Waals surface area contributed by atoms with Gasteiger partial charge in [-0.1, -0.05) is 5.16 Å². The van der Waals surface area contributed by atoms with Crippen LogP contribution in [0.2, 0.25) is 0 Å². The Morgan fingerprint density at radius 1 is 1.27 bits per heavy atom. The van der Waals surface area contributed by atoms with Crippen molar-refractivity contribution < 1.29 is 17.7 Å². The van der Waals surface area contributed by atoms with E-state index in [1.807, 2.05) is 0 Å². The summed E-state index contributed by atoms with van der Waals surface area (Å²) >= 11 is 0. The fourth-order valence-electron chi connectivity index (χ4n) is 2.77. The second-order valence-corrected chi connectivity index (χ2v) is 6.04. The van der Waals surface area contributed by atoms with E-state index in [0.717, 1.165) is 12.2 Å². The zero-order chi connectivity index (χ0) is 18.3. The van der Waals surface area contributed by atoms with Crippen LogP contribution in [0.25, 0.3) is 11.4 Å². The maximum Gasteiger partial charge on any atom is 0.471 e. The third kappa shape index (κ3) is 3.22. The molecule has 3 aromatic heterocycles. The smallest absolute Gasteiger partial charge is 0.329 e. The van der Waals surface area contributed by atoms with E-state index in [9.17, 15) is 18.0 Å². The Hall–Kier alpha value is -3.04. The first-order valence-electron chi connectivity index (χ1n) is 7.80. The first-order chi connectivity index (χ1) is 12.4. The van der Waals surface area contributed by atoms with Crippen molar-refractivity contribution in [1.82, 2.24) is 24.7 Å². The van der Waals surface area contributed by atoms with Gasteiger partial charge in [-0.15, -0.1) is 0 Å². The van der Waals surface area contributed by atoms with Gasteiger partial charge in [0.2, 0.25) is 5.82 Å². The van der Waals surface area contributed by atoms with Gasteiger partial charge in [-0.2, -0.15) is 18.2 Å². The molecule has 3 aromatic rings. The predicted octanol–water partition coefficient (Wildman–Crippen LogP) is 2.51. The second-order valence-electron chi connectivity index (χ2n) is 6.04. The summed E-state index contributed by atoms with van der Waals surface area (Å²) in [6.45, 7) is 0.488. The minimum atomic E-state index is -4.72. The maximum absolute atomic E-state index is 12.5. The molecule has 0 bridgehead atoms. The van der Waals surface area contributed by atoms with E-state index in [2.05, 4.69) is 24.6 Å². The summed E-state index contributed by atoms with van der Waals surface area (Å²) < 4.78 is 43.2. The first kappa shape index (κ1) is 16.4. The van der Waals surface area contributed by atoms with Gasteiger partial charge in [0.1, 0.15) is 5.82 Å². The van der Waals surface area contributed by atoms with Gasteiger partial charge in [0.05, 0.1) is 0 Å². The molecule has 0 saturated heterocycles. The minimum Gasteiger partial charge on any atom is -0.329 e. The Bertz CT molecular complexity index is 983. The highest BCUT2D eigenvalue weighted by atomic mass is 19.4. The molecule has 1 aliphatic carbocycles. The van der Waals surface area contributed by atoms with Crippen molar-refractivity contribution >= 4 is 0 Å². The largest absolute Gasteiger partial charge is 0.471 e. The van der Waals surface area contributed by atoms with Crippen LogP contribution in [-0.4, -0.2) is 24.7 Å². The molecule has 0 aromatic carbocycles. The van der Waals surface area contributed by atoms with Crippen molar-refractivity contribution in [1.29, 1.82) is 0 Å². The van der Waals surface area contributed by atoms with Gasteiger partial charge >= 0.3 is 12.1 Å². The molecule has 0 N–H and O–H groups in total. The lowest BCUT2D eigenvalue weighted by Crippen LogP contribution is -2.20. The van der Waals surface area contributed by atoms with Gasteiger partial charge in [0.25, 0.3) is 5.56 Å². The molecule has 134 valence electrons. The van der Waals surface area contributed by atoms with E-state index >= 15 is 0 Å². The Morgan fingerprint density at radius 2 is 2.04 bits per heavy atom. The molecule has 2 atom stereocenters. The zero-order valence-electron chi connectivity index (χ0n) is 13.2. The standard InChI is InChI=1S/C16H12F3N5O2/c17-16(18,19)15-22-13(23-26-15)9-2-5-24(12(25)7-9)8-10-6-11(10)14-20-3-1-4-21-14/h1-5,7,10-11H,6,8H2/t10-,11-/m1/s1. The topological polar surface area (TPSA) is 86.7 Å². The summed E-state index contributed by atoms with van der Waals surface area (Å²) in [6.07, 6.45) is 1.04. The Morgan fingerprint density at radius 3 is 2.69 bits per heavy atom. The Balaban J connectivity index is 1.49. The van der Waals surface area contributed by atoms with E-state index in [0.29, 0.717) is 6.54 Å². The molecule has 1 fully saturated rings. The molecule has 3 heterocycles. The summed E-state index contributed by atoms with van der Waals surface area (Å²) in [7, 11) is 0. The number of aromatic nitrogens is 5.